The summed E-state index contributed by atoms with van der Waals surface area (Å²) in [5.41, 5.74) is -3.58. The Morgan fingerprint density at radius 3 is 0.788 bits per heavy atom. The summed E-state index contributed by atoms with van der Waals surface area (Å²) in [6.07, 6.45) is 0. The largest absolute Gasteiger partial charge is 0.488 e. The van der Waals surface area contributed by atoms with Crippen LogP contribution < -0.4 is 88.0 Å². The van der Waals surface area contributed by atoms with Crippen molar-refractivity contribution in [3.63, 3.8) is 0 Å². The van der Waals surface area contributed by atoms with Gasteiger partial charge in [0.2, 0.25) is 0 Å². The van der Waals surface area contributed by atoms with E-state index in [2.05, 4.69) is 0 Å². The zero-order valence-electron chi connectivity index (χ0n) is 92.2. The summed E-state index contributed by atoms with van der Waals surface area (Å²) in [5.74, 6) is 9.01. The Balaban J connectivity index is 0.000000792. The maximum Gasteiger partial charge on any atom is 0.376 e. The molecule has 0 fully saturated rings. The number of benzene rings is 6. The van der Waals surface area contributed by atoms with E-state index in [0.717, 1.165) is 82.9 Å². The normalized spacial score (nSPS) is 13.1. The third-order valence-electron chi connectivity index (χ3n) is 18.4. The van der Waals surface area contributed by atoms with Crippen LogP contribution in [0.2, 0.25) is 39.3 Å². The van der Waals surface area contributed by atoms with Crippen LogP contribution in [0, 0.1) is 0 Å². The molecule has 6 aromatic carbocycles. The van der Waals surface area contributed by atoms with Gasteiger partial charge < -0.3 is 110 Å². The molecule has 0 aliphatic rings. The van der Waals surface area contributed by atoms with E-state index >= 15 is 0 Å². The summed E-state index contributed by atoms with van der Waals surface area (Å²) in [6.45, 7) is 84.7. The minimum atomic E-state index is -2.61. The van der Waals surface area contributed by atoms with Crippen molar-refractivity contribution in [2.75, 3.05) is 85.3 Å². The Labute approximate surface area is 806 Å². The molecule has 0 N–H and O–H groups in total. The molecule has 0 radical (unpaired) electrons. The zero-order valence-corrected chi connectivity index (χ0v) is 98.2. The summed E-state index contributed by atoms with van der Waals surface area (Å²) in [4.78, 5) is 0. The van der Waals surface area contributed by atoms with E-state index in [1.54, 1.807) is 85.3 Å². The molecule has 0 saturated heterocycles. The van der Waals surface area contributed by atoms with Gasteiger partial charge >= 0.3 is 51.4 Å². The highest BCUT2D eigenvalue weighted by molar-refractivity contribution is 6.83. The molecule has 0 bridgehead atoms. The van der Waals surface area contributed by atoms with Gasteiger partial charge in [-0.05, 0) is 360 Å². The van der Waals surface area contributed by atoms with Gasteiger partial charge in [0.05, 0.1) is 5.19 Å². The molecule has 0 aliphatic carbocycles. The van der Waals surface area contributed by atoms with Gasteiger partial charge in [0, 0.05) is 118 Å². The monoisotopic (exact) mass is 1960 g/mol. The summed E-state index contributed by atoms with van der Waals surface area (Å²) in [7, 11) is 5.11. The summed E-state index contributed by atoms with van der Waals surface area (Å²) < 4.78 is 141. The predicted octanol–water partition coefficient (Wildman–Crippen LogP) is 21.7. The number of hydrogen-bond donors (Lipinski definition) is 0. The van der Waals surface area contributed by atoms with Crippen LogP contribution in [-0.2, 0) is 53.1 Å². The second-order valence-corrected chi connectivity index (χ2v) is 64.1. The highest BCUT2D eigenvalue weighted by Crippen LogP contribution is 2.38. The zero-order chi connectivity index (χ0) is 103. The Morgan fingerprint density at radius 2 is 0.432 bits per heavy atom. The van der Waals surface area contributed by atoms with Gasteiger partial charge in [0.1, 0.15) is 113 Å². The van der Waals surface area contributed by atoms with E-state index in [-0.39, 0.29) is 67.2 Å². The molecule has 6 aromatic rings. The lowest BCUT2D eigenvalue weighted by Crippen LogP contribution is -2.51. The first kappa shape index (κ1) is 124. The van der Waals surface area contributed by atoms with E-state index in [4.69, 9.17) is 110 Å². The first-order valence-corrected chi connectivity index (χ1v) is 59.1. The van der Waals surface area contributed by atoms with Crippen LogP contribution in [0.3, 0.4) is 0 Å². The molecule has 0 unspecified atom stereocenters. The third-order valence-corrected chi connectivity index (χ3v) is 35.9. The molecule has 132 heavy (non-hydrogen) atoms. The van der Waals surface area contributed by atoms with Crippen LogP contribution in [0.4, 0.5) is 0 Å². The average molecular weight is 1960 g/mol. The fourth-order valence-corrected chi connectivity index (χ4v) is 21.4. The smallest absolute Gasteiger partial charge is 0.376 e. The standard InChI is InChI=1S/6C17H30O4Si/c1-16(2,3)20-13-10-14(21-17(4,5)6)12-15(11-13)22(9,18-7)19-8;1-16(2,3)20-13-10-11-15(22(9,18-7)19-8)14(12-13)21-17(4,5)6;1-16(2,3)20-14-11-10-13(22(9,18-7)19-8)12-15(14)21-17(4,5)6;1-16(2,3)20-13-10-11-14(21-17(4,5)6)15(12-13)22(9,18-7)19-8;1-16(2,3)20-13-11-10-12-14(22(9,18-7)19-8)15(13)21-17(4,5)6;1-16(2,3)20-13-11-10-12-14(21-17(4,5)6)15(13)22(9,18-7)19-8/h6*10-12H,1-9H3. The second kappa shape index (κ2) is 48.8. The van der Waals surface area contributed by atoms with Gasteiger partial charge in [-0.25, -0.2) is 0 Å². The van der Waals surface area contributed by atoms with Crippen molar-refractivity contribution in [1.29, 1.82) is 0 Å². The minimum Gasteiger partial charge on any atom is -0.488 e. The van der Waals surface area contributed by atoms with Crippen molar-refractivity contribution < 1.29 is 110 Å². The maximum absolute atomic E-state index is 6.21. The van der Waals surface area contributed by atoms with Gasteiger partial charge in [0.25, 0.3) is 0 Å². The number of hydrogen-bond acceptors (Lipinski definition) is 24. The van der Waals surface area contributed by atoms with Gasteiger partial charge in [0.15, 0.2) is 23.0 Å². The van der Waals surface area contributed by atoms with Crippen molar-refractivity contribution in [3.05, 3.63) is 109 Å². The first-order chi connectivity index (χ1) is 59.4. The summed E-state index contributed by atoms with van der Waals surface area (Å²) in [6, 6.07) is 35.2. The Bertz CT molecular complexity index is 4310. The topological polar surface area (TPSA) is 222 Å². The van der Waals surface area contributed by atoms with Crippen LogP contribution in [0.25, 0.3) is 0 Å². The van der Waals surface area contributed by atoms with E-state index in [9.17, 15) is 0 Å². The quantitative estimate of drug-likeness (QED) is 0.0382. The van der Waals surface area contributed by atoms with E-state index in [1.165, 1.54) is 0 Å². The van der Waals surface area contributed by atoms with Gasteiger partial charge in [-0.1, -0.05) is 30.3 Å². The number of rotatable bonds is 30. The average Bonchev–Trinajstić information content (AvgIpc) is 0.767. The molecule has 0 aliphatic heterocycles. The molecular formula is C102H180O24Si6. The highest BCUT2D eigenvalue weighted by Gasteiger charge is 2.44. The predicted molar refractivity (Wildman–Crippen MR) is 555 cm³/mol. The Kier molecular flexibility index (Phi) is 45.8. The van der Waals surface area contributed by atoms with Crippen LogP contribution in [0.15, 0.2) is 109 Å². The molecule has 0 amide bonds. The fraction of sp³-hybridized carbons (Fsp3) is 0.647. The van der Waals surface area contributed by atoms with Crippen molar-refractivity contribution in [2.45, 2.75) is 356 Å². The van der Waals surface area contributed by atoms with Crippen LogP contribution in [0.1, 0.15) is 249 Å². The molecule has 24 nitrogen and oxygen atoms in total. The van der Waals surface area contributed by atoms with E-state index in [1.807, 2.05) is 398 Å². The second-order valence-electron chi connectivity index (χ2n) is 44.6. The van der Waals surface area contributed by atoms with Gasteiger partial charge in [-0.15, -0.1) is 0 Å². The maximum atomic E-state index is 6.21. The molecule has 30 heteroatoms. The third kappa shape index (κ3) is 44.5. The van der Waals surface area contributed by atoms with Crippen molar-refractivity contribution in [3.8, 4) is 69.0 Å². The minimum absolute atomic E-state index is 0.260. The van der Waals surface area contributed by atoms with Gasteiger partial charge in [-0.2, -0.15) is 0 Å². The SMILES string of the molecule is CO[Si](C)(OC)c1c(OC(C)(C)C)cccc1OC(C)(C)C.CO[Si](C)(OC)c1cc(OC(C)(C)C)cc(OC(C)(C)C)c1.CO[Si](C)(OC)c1cc(OC(C)(C)C)ccc1OC(C)(C)C.CO[Si](C)(OC)c1ccc(OC(C)(C)C)c(OC(C)(C)C)c1.CO[Si](C)(OC)c1ccc(OC(C)(C)C)cc1OC(C)(C)C.CO[Si](C)(OC)c1cccc(OC(C)(C)C)c1OC(C)(C)C. The molecule has 0 aromatic heterocycles. The first-order valence-electron chi connectivity index (χ1n) is 45.2. The fourth-order valence-electron chi connectivity index (χ4n) is 12.0. The van der Waals surface area contributed by atoms with E-state index < -0.39 is 51.4 Å². The molecule has 0 spiro atoms. The van der Waals surface area contributed by atoms with Crippen LogP contribution in [0.5, 0.6) is 69.0 Å². The van der Waals surface area contributed by atoms with Crippen LogP contribution >= 0.6 is 0 Å². The number of ether oxygens (including phenoxy) is 12. The highest BCUT2D eigenvalue weighted by atomic mass is 28.4. The Hall–Kier alpha value is -6.26. The summed E-state index contributed by atoms with van der Waals surface area (Å²) in [5, 5.41) is 5.73. The van der Waals surface area contributed by atoms with Crippen LogP contribution in [-0.4, -0.2) is 204 Å². The van der Waals surface area contributed by atoms with Crippen molar-refractivity contribution in [1.82, 2.24) is 0 Å². The van der Waals surface area contributed by atoms with Gasteiger partial charge in [-0.3, -0.25) is 0 Å². The van der Waals surface area contributed by atoms with E-state index in [0.29, 0.717) is 17.2 Å². The lowest BCUT2D eigenvalue weighted by Gasteiger charge is -2.32. The molecule has 0 saturated carbocycles. The lowest BCUT2D eigenvalue weighted by molar-refractivity contribution is 0.0958. The summed E-state index contributed by atoms with van der Waals surface area (Å²) >= 11 is 0. The molecular weight excluding hydrogens is 1780 g/mol. The number of para-hydroxylation sites is 1. The van der Waals surface area contributed by atoms with Crippen molar-refractivity contribution >= 4 is 82.5 Å². The molecule has 0 heterocycles. The van der Waals surface area contributed by atoms with Crippen molar-refractivity contribution in [2.24, 2.45) is 0 Å². The molecule has 756 valence electrons. The lowest BCUT2D eigenvalue weighted by atomic mass is 10.1. The Morgan fingerprint density at radius 1 is 0.167 bits per heavy atom. The molecule has 6 rings (SSSR count). The molecule has 0 atom stereocenters.